The number of carboxylic acids is 1. The van der Waals surface area contributed by atoms with Crippen LogP contribution in [-0.4, -0.2) is 76.9 Å². The molecule has 6 aromatic heterocycles. The number of halogens is 11. The highest BCUT2D eigenvalue weighted by molar-refractivity contribution is 9.94. The molecular formula is C47H51AlBr3Cl8N11O13P6. The highest BCUT2D eigenvalue weighted by Gasteiger charge is 2.25. The monoisotopic (exact) mass is 1710 g/mol. The van der Waals surface area contributed by atoms with Gasteiger partial charge in [0, 0.05) is 95.7 Å². The normalized spacial score (nSPS) is 10.2. The number of nitrogen functional groups attached to an aromatic ring is 1. The number of carbonyl (C=O) groups excluding carboxylic acids is 3. The van der Waals surface area contributed by atoms with Crippen LogP contribution in [0.4, 0.5) is 29.0 Å². The predicted molar refractivity (Wildman–Crippen MR) is 386 cm³/mol. The van der Waals surface area contributed by atoms with E-state index in [1.807, 2.05) is 72.8 Å². The Morgan fingerprint density at radius 1 is 0.674 bits per heavy atom. The van der Waals surface area contributed by atoms with Crippen molar-refractivity contribution in [2.24, 2.45) is 0 Å². The van der Waals surface area contributed by atoms with Gasteiger partial charge in [0.05, 0.1) is 11.1 Å². The number of ketones is 1. The number of aliphatic carboxylic acids is 1. The summed E-state index contributed by atoms with van der Waals surface area (Å²) in [5.41, 5.74) is 9.64. The molecule has 24 nitrogen and oxygen atoms in total. The minimum atomic E-state index is -3.22. The zero-order chi connectivity index (χ0) is 66.2. The SMILES string of the molecule is N.Nc1coc2ccnc(NP)c12.O=C(Cl)C(=O)Cl.O=C(O)COc1ccnc(NP)c1.O=C1COc2ccnc(NP)c21.O=P(Br)(Br)Br.O=P(Cl)(Cl)Cl.O=c1cc(OCc2ccccc2)cc[nH]1.PNc1cc(OCc2ccccc2)ccn1.[Cl][Al]([Cl])[Cl]. The van der Waals surface area contributed by atoms with Crippen molar-refractivity contribution in [1.29, 1.82) is 0 Å². The quantitative estimate of drug-likeness (QED) is 0.0217. The number of Topliss-reactive ketones (excluding diaryl/α,β-unsaturated/α-hetero) is 1. The maximum atomic E-state index is 11.2. The van der Waals surface area contributed by atoms with E-state index in [9.17, 15) is 33.1 Å². The number of nitrogens with one attached hydrogen (secondary N) is 5. The summed E-state index contributed by atoms with van der Waals surface area (Å²) in [6.45, 7) is 0.826. The van der Waals surface area contributed by atoms with Crippen molar-refractivity contribution in [3.05, 3.63) is 173 Å². The lowest BCUT2D eigenvalue weighted by Gasteiger charge is -2.07. The first kappa shape index (κ1) is 85.6. The molecule has 9 rings (SSSR count). The lowest BCUT2D eigenvalue weighted by atomic mass is 10.2. The van der Waals surface area contributed by atoms with Crippen LogP contribution in [0, 0.1) is 0 Å². The number of hydrogen-bond donors (Lipinski definition) is 8. The number of hydrogen-bond acceptors (Lipinski definition) is 22. The Morgan fingerprint density at radius 3 is 1.53 bits per heavy atom. The summed E-state index contributed by atoms with van der Waals surface area (Å²) in [4.78, 5) is 69.9. The smallest absolute Gasteiger partial charge is 0.489 e. The molecule has 7 heterocycles. The van der Waals surface area contributed by atoms with Crippen LogP contribution in [0.25, 0.3) is 11.0 Å². The van der Waals surface area contributed by atoms with Gasteiger partial charge < -0.3 is 65.7 Å². The van der Waals surface area contributed by atoms with E-state index in [1.54, 1.807) is 55.1 Å². The largest absolute Gasteiger partial charge is 0.643 e. The fourth-order valence-electron chi connectivity index (χ4n) is 5.58. The molecule has 8 aromatic rings. The summed E-state index contributed by atoms with van der Waals surface area (Å²) in [5.74, 6) is 4.10. The fourth-order valence-corrected chi connectivity index (χ4v) is 6.33. The number of nitrogens with two attached hydrogens (primary N) is 1. The van der Waals surface area contributed by atoms with Gasteiger partial charge >= 0.3 is 33.0 Å². The van der Waals surface area contributed by atoms with Crippen LogP contribution >= 0.6 is 180 Å². The number of aromatic nitrogens is 5. The van der Waals surface area contributed by atoms with Gasteiger partial charge in [-0.25, -0.2) is 54.9 Å². The van der Waals surface area contributed by atoms with E-state index >= 15 is 0 Å². The minimum absolute atomic E-state index is 0. The average molecular weight is 1710 g/mol. The number of ether oxygens (including phenoxy) is 4. The van der Waals surface area contributed by atoms with Crippen LogP contribution in [-0.2, 0) is 36.7 Å². The second kappa shape index (κ2) is 48.4. The fraction of sp³-hybridized carbons (Fsp3) is 0.0851. The number of pyridine rings is 5. The second-order valence-corrected chi connectivity index (χ2v) is 48.3. The third-order valence-corrected chi connectivity index (χ3v) is 10.4. The Balaban J connectivity index is 0.00000101. The Bertz CT molecular complexity index is 3530. The molecule has 1 aliphatic heterocycles. The van der Waals surface area contributed by atoms with Crippen LogP contribution in [0.15, 0.2) is 156 Å². The summed E-state index contributed by atoms with van der Waals surface area (Å²) in [7, 11) is 24.2. The number of benzene rings is 2. The molecule has 0 aliphatic carbocycles. The van der Waals surface area contributed by atoms with Crippen LogP contribution in [0.3, 0.4) is 0 Å². The number of rotatable bonds is 14. The number of fused-ring (bicyclic) bond motifs is 2. The van der Waals surface area contributed by atoms with Crippen molar-refractivity contribution in [2.45, 2.75) is 13.2 Å². The lowest BCUT2D eigenvalue weighted by molar-refractivity contribution is -0.139. The predicted octanol–water partition coefficient (Wildman–Crippen LogP) is 16.5. The Labute approximate surface area is 584 Å². The highest BCUT2D eigenvalue weighted by atomic mass is 80.0. The van der Waals surface area contributed by atoms with Gasteiger partial charge in [-0.3, -0.25) is 28.3 Å². The van der Waals surface area contributed by atoms with E-state index in [-0.39, 0.29) is 30.7 Å². The molecule has 4 atom stereocenters. The topological polar surface area (TPSA) is 366 Å². The molecular weight excluding hydrogens is 1660 g/mol. The van der Waals surface area contributed by atoms with Crippen molar-refractivity contribution < 1.29 is 56.8 Å². The van der Waals surface area contributed by atoms with Crippen LogP contribution < -0.4 is 56.7 Å². The van der Waals surface area contributed by atoms with E-state index in [0.717, 1.165) is 33.7 Å². The molecule has 0 fully saturated rings. The first-order valence-electron chi connectivity index (χ1n) is 23.1. The molecule has 0 saturated carbocycles. The summed E-state index contributed by atoms with van der Waals surface area (Å²) in [5, 5.41) is 14.9. The van der Waals surface area contributed by atoms with Crippen molar-refractivity contribution in [2.75, 3.05) is 39.3 Å². The molecule has 42 heteroatoms. The Kier molecular flexibility index (Phi) is 46.5. The van der Waals surface area contributed by atoms with E-state index < -0.39 is 36.3 Å². The third kappa shape index (κ3) is 43.2. The van der Waals surface area contributed by atoms with E-state index in [0.29, 0.717) is 59.2 Å². The number of carboxylic acid groups (broad SMARTS) is 1. The molecule has 11 N–H and O–H groups in total. The molecule has 482 valence electrons. The summed E-state index contributed by atoms with van der Waals surface area (Å²) < 4.78 is 43.6. The zero-order valence-electron chi connectivity index (χ0n) is 45.0. The second-order valence-electron chi connectivity index (χ2n) is 15.0. The van der Waals surface area contributed by atoms with Gasteiger partial charge in [-0.1, -0.05) is 60.7 Å². The van der Waals surface area contributed by atoms with Gasteiger partial charge in [0.15, 0.2) is 13.2 Å². The third-order valence-electron chi connectivity index (χ3n) is 8.86. The molecule has 0 spiro atoms. The van der Waals surface area contributed by atoms with Gasteiger partial charge in [0.1, 0.15) is 76.9 Å². The van der Waals surface area contributed by atoms with Gasteiger partial charge in [-0.05, 0) is 136 Å². The first-order valence-corrected chi connectivity index (χ1v) is 43.6. The van der Waals surface area contributed by atoms with Gasteiger partial charge in [0.25, 0.3) is 8.81 Å². The summed E-state index contributed by atoms with van der Waals surface area (Å²) in [6, 6.07) is 33.4. The van der Waals surface area contributed by atoms with E-state index in [4.69, 9.17) is 64.4 Å². The average Bonchev–Trinajstić information content (AvgIpc) is 2.26. The molecule has 0 bridgehead atoms. The minimum Gasteiger partial charge on any atom is -0.489 e. The highest BCUT2D eigenvalue weighted by Crippen LogP contribution is 2.68. The molecule has 4 unspecified atom stereocenters. The summed E-state index contributed by atoms with van der Waals surface area (Å²) >= 11 is 29.4. The maximum absolute atomic E-state index is 11.2. The Hall–Kier alpha value is -3.36. The van der Waals surface area contributed by atoms with Gasteiger partial charge in [-0.2, -0.15) is 0 Å². The summed E-state index contributed by atoms with van der Waals surface area (Å²) in [6.07, 6.45) is 9.60. The standard InChI is InChI=1S/C12H13N2OP.C12H11NO2.C7H8N3OP.C7H9N2O3P.C7H7N2O2P.C2Cl2O2.Al.Br3OP.Cl3OP.3ClH.H3N/c16-14-12-8-11(6-7-13-12)15-9-10-4-2-1-3-5-10;14-12-8-11(6-7-13-12)15-9-10-4-2-1-3-5-10;8-4-3-11-5-1-2-9-7(10-12)6(4)5;10-7(11)4-12-5-1-2-8-6(3-5)9-13;10-4-3-11-5-1-2-8-7(9-12)6(4)5;3-1(5)2(4)6;;2*1-5(2,3)4;;;;/h1-8H,9,16H2,(H,13,14);1-8H,9H2,(H,13,14);1-3H,8,12H2,(H,9,10);1-3H,4,13H2,(H,8,9)(H,10,11);1-2H,3,12H2,(H,8,9);;;;;3*1H;1H3/q;;;;;;+3;;;;;;/p-3. The Morgan fingerprint density at radius 2 is 1.10 bits per heavy atom. The van der Waals surface area contributed by atoms with Crippen molar-refractivity contribution in [3.8, 4) is 23.0 Å². The van der Waals surface area contributed by atoms with Crippen molar-refractivity contribution >= 4 is 253 Å². The molecule has 0 radical (unpaired) electrons. The number of aromatic amines is 1. The van der Waals surface area contributed by atoms with E-state index in [1.165, 1.54) is 18.5 Å². The number of nitrogens with zero attached hydrogens (tertiary/aromatic N) is 4. The first-order chi connectivity index (χ1) is 41.5. The van der Waals surface area contributed by atoms with Crippen LogP contribution in [0.2, 0.25) is 0 Å². The molecule has 0 saturated heterocycles. The number of carbonyl (C=O) groups is 4. The van der Waals surface area contributed by atoms with Gasteiger partial charge in [0.2, 0.25) is 5.78 Å². The van der Waals surface area contributed by atoms with Gasteiger partial charge in [-0.15, -0.1) is 0 Å². The lowest BCUT2D eigenvalue weighted by Crippen LogP contribution is -2.09. The molecule has 0 amide bonds. The van der Waals surface area contributed by atoms with Crippen LogP contribution in [0.1, 0.15) is 21.5 Å². The van der Waals surface area contributed by atoms with Crippen molar-refractivity contribution in [1.82, 2.24) is 31.1 Å². The van der Waals surface area contributed by atoms with Crippen LogP contribution in [0.5, 0.6) is 23.0 Å². The molecule has 89 heavy (non-hydrogen) atoms. The number of H-pyrrole nitrogens is 1. The van der Waals surface area contributed by atoms with Crippen molar-refractivity contribution in [3.63, 3.8) is 0 Å². The molecule has 2 aromatic carbocycles. The number of anilines is 5. The molecule has 1 aliphatic rings. The van der Waals surface area contributed by atoms with E-state index in [2.05, 4.69) is 186 Å². The zero-order valence-corrected chi connectivity index (χ0v) is 63.4. The maximum Gasteiger partial charge on any atom is 0.643 e. The number of furan rings is 1.